The lowest BCUT2D eigenvalue weighted by Crippen LogP contribution is -2.62. The monoisotopic (exact) mass is 358 g/mol. The van der Waals surface area contributed by atoms with Crippen LogP contribution in [0, 0.1) is 0 Å². The van der Waals surface area contributed by atoms with Gasteiger partial charge in [-0.2, -0.15) is 0 Å². The van der Waals surface area contributed by atoms with Crippen LogP contribution >= 0.6 is 0 Å². The highest BCUT2D eigenvalue weighted by Crippen LogP contribution is 2.56. The van der Waals surface area contributed by atoms with Crippen molar-refractivity contribution < 1.29 is 9.84 Å². The maximum atomic E-state index is 11.4. The van der Waals surface area contributed by atoms with Crippen molar-refractivity contribution in [3.63, 3.8) is 0 Å². The number of rotatable bonds is 4. The number of aliphatic hydroxyl groups excluding tert-OH is 1. The minimum atomic E-state index is -2.15. The second-order valence-electron chi connectivity index (χ2n) is 7.43. The van der Waals surface area contributed by atoms with E-state index in [1.165, 1.54) is 10.4 Å². The van der Waals surface area contributed by atoms with Gasteiger partial charge in [0, 0.05) is 5.54 Å². The molecule has 1 N–H and O–H groups in total. The van der Waals surface area contributed by atoms with Crippen LogP contribution in [-0.2, 0) is 4.74 Å². The van der Waals surface area contributed by atoms with Crippen LogP contribution in [0.25, 0.3) is 0 Å². The Kier molecular flexibility index (Phi) is 3.82. The molecule has 0 spiro atoms. The van der Waals surface area contributed by atoms with Gasteiger partial charge < -0.3 is 9.84 Å². The molecular weight excluding hydrogens is 336 g/mol. The molecule has 3 aromatic rings. The van der Waals surface area contributed by atoms with Gasteiger partial charge in [-0.05, 0) is 11.6 Å². The lowest BCUT2D eigenvalue weighted by atomic mass is 10.0. The summed E-state index contributed by atoms with van der Waals surface area (Å²) in [6, 6.07) is 32.8. The van der Waals surface area contributed by atoms with E-state index in [9.17, 15) is 5.11 Å². The first-order valence-electron chi connectivity index (χ1n) is 9.30. The van der Waals surface area contributed by atoms with Gasteiger partial charge in [0.1, 0.15) is 8.07 Å². The molecule has 2 heterocycles. The van der Waals surface area contributed by atoms with Crippen molar-refractivity contribution >= 4 is 18.4 Å². The van der Waals surface area contributed by atoms with E-state index in [1.807, 2.05) is 30.3 Å². The molecule has 5 rings (SSSR count). The fourth-order valence-electron chi connectivity index (χ4n) is 4.94. The molecule has 0 aliphatic carbocycles. The number of ether oxygens (including phenoxy) is 1. The topological polar surface area (TPSA) is 32.8 Å². The summed E-state index contributed by atoms with van der Waals surface area (Å²) < 4.78 is 5.98. The Balaban J connectivity index is 1.69. The molecule has 2 aliphatic heterocycles. The van der Waals surface area contributed by atoms with Gasteiger partial charge in [0.05, 0.1) is 18.3 Å². The number of hydrogen-bond donors (Lipinski definition) is 1. The smallest absolute Gasteiger partial charge is 0.129 e. The molecule has 2 fully saturated rings. The fourth-order valence-corrected chi connectivity index (χ4v) is 10.9. The Hall–Kier alpha value is -2.20. The van der Waals surface area contributed by atoms with Gasteiger partial charge in [-0.25, -0.2) is 0 Å². The minimum Gasteiger partial charge on any atom is -0.388 e. The Morgan fingerprint density at radius 3 is 1.81 bits per heavy atom. The zero-order valence-electron chi connectivity index (χ0n) is 14.5. The van der Waals surface area contributed by atoms with Crippen LogP contribution in [0.2, 0.25) is 11.6 Å². The van der Waals surface area contributed by atoms with Gasteiger partial charge >= 0.3 is 0 Å². The Bertz CT molecular complexity index is 842. The standard InChI is InChI=1S/C23H22O2Si/c24-21(17-10-4-1-5-11-17)23-22-20(25-22)16-26(23,18-12-6-2-7-13-18)19-14-8-3-9-15-19/h1-15,20-24H,16H2/t20-,21-,22-,23-/m1/s1. The van der Waals surface area contributed by atoms with Gasteiger partial charge in [0.25, 0.3) is 0 Å². The molecule has 0 aromatic heterocycles. The normalized spacial score (nSPS) is 26.9. The molecule has 130 valence electrons. The van der Waals surface area contributed by atoms with E-state index in [-0.39, 0.29) is 11.6 Å². The molecule has 2 saturated heterocycles. The van der Waals surface area contributed by atoms with Crippen molar-refractivity contribution in [3.05, 3.63) is 96.6 Å². The molecule has 2 nitrogen and oxygen atoms in total. The van der Waals surface area contributed by atoms with Crippen molar-refractivity contribution in [1.82, 2.24) is 0 Å². The molecule has 0 saturated carbocycles. The molecule has 0 unspecified atom stereocenters. The van der Waals surface area contributed by atoms with Crippen LogP contribution in [0.1, 0.15) is 11.7 Å². The third kappa shape index (κ3) is 2.39. The van der Waals surface area contributed by atoms with Crippen LogP contribution in [0.4, 0.5) is 0 Å². The fraction of sp³-hybridized carbons (Fsp3) is 0.217. The molecule has 0 amide bonds. The van der Waals surface area contributed by atoms with E-state index in [4.69, 9.17) is 4.74 Å². The third-order valence-electron chi connectivity index (χ3n) is 6.13. The summed E-state index contributed by atoms with van der Waals surface area (Å²) in [5, 5.41) is 14.2. The van der Waals surface area contributed by atoms with Gasteiger partial charge in [-0.1, -0.05) is 101 Å². The quantitative estimate of drug-likeness (QED) is 0.574. The highest BCUT2D eigenvalue weighted by atomic mass is 28.3. The van der Waals surface area contributed by atoms with Crippen molar-refractivity contribution in [2.75, 3.05) is 0 Å². The Morgan fingerprint density at radius 2 is 1.27 bits per heavy atom. The summed E-state index contributed by atoms with van der Waals surface area (Å²) >= 11 is 0. The Morgan fingerprint density at radius 1 is 0.769 bits per heavy atom. The second kappa shape index (κ2) is 6.20. The Labute approximate surface area is 155 Å². The van der Waals surface area contributed by atoms with E-state index >= 15 is 0 Å². The summed E-state index contributed by atoms with van der Waals surface area (Å²) in [4.78, 5) is 0. The predicted octanol–water partition coefficient (Wildman–Crippen LogP) is 3.13. The zero-order chi connectivity index (χ0) is 17.6. The number of fused-ring (bicyclic) bond motifs is 1. The lowest BCUT2D eigenvalue weighted by molar-refractivity contribution is 0.150. The van der Waals surface area contributed by atoms with E-state index in [1.54, 1.807) is 0 Å². The second-order valence-corrected chi connectivity index (χ2v) is 11.6. The van der Waals surface area contributed by atoms with Crippen molar-refractivity contribution in [3.8, 4) is 0 Å². The van der Waals surface area contributed by atoms with Gasteiger partial charge in [0.2, 0.25) is 0 Å². The van der Waals surface area contributed by atoms with Crippen LogP contribution in [0.5, 0.6) is 0 Å². The average molecular weight is 359 g/mol. The SMILES string of the molecule is O[C@H](c1ccccc1)[C@@H]1[C@@H]2O[C@@H]2C[Si]1(c1ccccc1)c1ccccc1. The summed E-state index contributed by atoms with van der Waals surface area (Å²) in [5.74, 6) is 0. The first-order chi connectivity index (χ1) is 12.8. The lowest BCUT2D eigenvalue weighted by Gasteiger charge is -2.39. The van der Waals surface area contributed by atoms with E-state index in [0.717, 1.165) is 11.6 Å². The van der Waals surface area contributed by atoms with E-state index in [0.29, 0.717) is 6.10 Å². The number of benzene rings is 3. The maximum Gasteiger partial charge on any atom is 0.129 e. The summed E-state index contributed by atoms with van der Waals surface area (Å²) in [7, 11) is -2.15. The molecule has 0 radical (unpaired) electrons. The van der Waals surface area contributed by atoms with Gasteiger partial charge in [0.15, 0.2) is 0 Å². The molecule has 3 aromatic carbocycles. The highest BCUT2D eigenvalue weighted by molar-refractivity contribution is 7.04. The first-order valence-corrected chi connectivity index (χ1v) is 11.6. The van der Waals surface area contributed by atoms with Crippen LogP contribution in [0.3, 0.4) is 0 Å². The van der Waals surface area contributed by atoms with Crippen LogP contribution in [0.15, 0.2) is 91.0 Å². The largest absolute Gasteiger partial charge is 0.388 e. The molecular formula is C23H22O2Si. The molecule has 26 heavy (non-hydrogen) atoms. The summed E-state index contributed by atoms with van der Waals surface area (Å²) in [6.07, 6.45) is -0.0245. The van der Waals surface area contributed by atoms with Gasteiger partial charge in [-0.3, -0.25) is 0 Å². The van der Waals surface area contributed by atoms with Crippen molar-refractivity contribution in [1.29, 1.82) is 0 Å². The molecule has 3 heteroatoms. The summed E-state index contributed by atoms with van der Waals surface area (Å²) in [6.45, 7) is 0. The van der Waals surface area contributed by atoms with E-state index < -0.39 is 14.2 Å². The number of hydrogen-bond acceptors (Lipinski definition) is 2. The third-order valence-corrected chi connectivity index (χ3v) is 11.7. The average Bonchev–Trinajstić information content (AvgIpc) is 3.39. The molecule has 0 bridgehead atoms. The van der Waals surface area contributed by atoms with Crippen LogP contribution < -0.4 is 10.4 Å². The van der Waals surface area contributed by atoms with E-state index in [2.05, 4.69) is 60.7 Å². The predicted molar refractivity (Wildman–Crippen MR) is 107 cm³/mol. The highest BCUT2D eigenvalue weighted by Gasteiger charge is 2.67. The van der Waals surface area contributed by atoms with Crippen molar-refractivity contribution in [2.45, 2.75) is 29.9 Å². The first kappa shape index (κ1) is 16.0. The minimum absolute atomic E-state index is 0.139. The van der Waals surface area contributed by atoms with Crippen molar-refractivity contribution in [2.24, 2.45) is 0 Å². The van der Waals surface area contributed by atoms with Gasteiger partial charge in [-0.15, -0.1) is 0 Å². The molecule has 4 atom stereocenters. The number of aliphatic hydroxyl groups is 1. The van der Waals surface area contributed by atoms with Crippen LogP contribution in [-0.4, -0.2) is 25.4 Å². The molecule has 2 aliphatic rings. The summed E-state index contributed by atoms with van der Waals surface area (Å²) in [5.41, 5.74) is 1.14. The number of epoxide rings is 1. The maximum absolute atomic E-state index is 11.4. The zero-order valence-corrected chi connectivity index (χ0v) is 15.5.